The van der Waals surface area contributed by atoms with E-state index in [1.807, 2.05) is 27.7 Å². The van der Waals surface area contributed by atoms with Gasteiger partial charge in [-0.1, -0.05) is 0 Å². The summed E-state index contributed by atoms with van der Waals surface area (Å²) in [5.41, 5.74) is 1.74. The molecular weight excluding hydrogens is 436 g/mol. The summed E-state index contributed by atoms with van der Waals surface area (Å²) in [6.07, 6.45) is 3.55. The van der Waals surface area contributed by atoms with E-state index in [0.29, 0.717) is 51.9 Å². The van der Waals surface area contributed by atoms with Crippen LogP contribution in [0.2, 0.25) is 0 Å². The zero-order valence-electron chi connectivity index (χ0n) is 20.5. The van der Waals surface area contributed by atoms with Crippen LogP contribution < -0.4 is 10.4 Å². The van der Waals surface area contributed by atoms with Gasteiger partial charge in [-0.15, -0.1) is 0 Å². The van der Waals surface area contributed by atoms with Gasteiger partial charge in [-0.05, 0) is 43.7 Å². The fraction of sp³-hybridized carbons (Fsp3) is 0.640. The van der Waals surface area contributed by atoms with Crippen molar-refractivity contribution in [2.45, 2.75) is 39.2 Å². The second-order valence-electron chi connectivity index (χ2n) is 9.49. The van der Waals surface area contributed by atoms with Crippen molar-refractivity contribution in [3.05, 3.63) is 28.7 Å². The maximum Gasteiger partial charge on any atom is 0.328 e. The van der Waals surface area contributed by atoms with E-state index >= 15 is 0 Å². The maximum atomic E-state index is 13.0. The average molecular weight is 473 g/mol. The first-order valence-corrected chi connectivity index (χ1v) is 12.2. The van der Waals surface area contributed by atoms with Crippen LogP contribution in [0.5, 0.6) is 5.75 Å². The fourth-order valence-electron chi connectivity index (χ4n) is 5.25. The third kappa shape index (κ3) is 5.14. The minimum absolute atomic E-state index is 0.0226. The van der Waals surface area contributed by atoms with Crippen molar-refractivity contribution in [3.63, 3.8) is 0 Å². The molecule has 1 aliphatic heterocycles. The number of aromatic nitrogens is 2. The zero-order chi connectivity index (χ0) is 24.2. The Morgan fingerprint density at radius 2 is 1.65 bits per heavy atom. The van der Waals surface area contributed by atoms with Crippen LogP contribution in [0, 0.1) is 11.8 Å². The molecule has 1 aliphatic carbocycles. The van der Waals surface area contributed by atoms with Gasteiger partial charge in [-0.3, -0.25) is 18.7 Å². The highest BCUT2D eigenvalue weighted by atomic mass is 16.5. The predicted molar refractivity (Wildman–Crippen MR) is 129 cm³/mol. The van der Waals surface area contributed by atoms with Gasteiger partial charge < -0.3 is 19.3 Å². The molecular formula is C25H36N4O5. The lowest BCUT2D eigenvalue weighted by atomic mass is 9.81. The number of rotatable bonds is 7. The smallest absolute Gasteiger partial charge is 0.328 e. The Labute approximate surface area is 200 Å². The van der Waals surface area contributed by atoms with Crippen LogP contribution in [-0.4, -0.2) is 77.3 Å². The number of amides is 2. The standard InChI is InChI=1S/C25H36N4O5/c1-18(30)27-10-12-28(13-11-27)24(31)20-6-4-19(5-7-20)17-29-23-16-21(34-15-14-33-3)8-9-22(23)26(2)25(29)32/h8-9,16,19-20H,4-7,10-15,17H2,1-3H3. The van der Waals surface area contributed by atoms with Crippen molar-refractivity contribution < 1.29 is 19.1 Å². The fourth-order valence-corrected chi connectivity index (χ4v) is 5.25. The molecule has 2 aromatic rings. The molecule has 0 atom stereocenters. The Morgan fingerprint density at radius 3 is 2.29 bits per heavy atom. The van der Waals surface area contributed by atoms with Gasteiger partial charge in [0.1, 0.15) is 12.4 Å². The molecule has 186 valence electrons. The largest absolute Gasteiger partial charge is 0.491 e. The molecule has 34 heavy (non-hydrogen) atoms. The maximum absolute atomic E-state index is 13.0. The molecule has 2 amide bonds. The number of nitrogens with zero attached hydrogens (tertiary/aromatic N) is 4. The van der Waals surface area contributed by atoms with Gasteiger partial charge in [-0.2, -0.15) is 0 Å². The third-order valence-electron chi connectivity index (χ3n) is 7.35. The molecule has 0 bridgehead atoms. The molecule has 4 rings (SSSR count). The van der Waals surface area contributed by atoms with Crippen molar-refractivity contribution in [1.29, 1.82) is 0 Å². The molecule has 0 unspecified atom stereocenters. The van der Waals surface area contributed by atoms with E-state index in [1.165, 1.54) is 0 Å². The van der Waals surface area contributed by atoms with Gasteiger partial charge in [0.2, 0.25) is 11.8 Å². The van der Waals surface area contributed by atoms with Crippen molar-refractivity contribution in [1.82, 2.24) is 18.9 Å². The number of hydrogen-bond acceptors (Lipinski definition) is 5. The monoisotopic (exact) mass is 472 g/mol. The van der Waals surface area contributed by atoms with Crippen LogP contribution in [0.25, 0.3) is 11.0 Å². The summed E-state index contributed by atoms with van der Waals surface area (Å²) >= 11 is 0. The van der Waals surface area contributed by atoms with Gasteiger partial charge in [0.15, 0.2) is 0 Å². The number of carbonyl (C=O) groups is 2. The lowest BCUT2D eigenvalue weighted by Gasteiger charge is -2.37. The van der Waals surface area contributed by atoms with Gasteiger partial charge in [0.25, 0.3) is 0 Å². The molecule has 1 aromatic carbocycles. The summed E-state index contributed by atoms with van der Waals surface area (Å²) in [5.74, 6) is 1.43. The number of ether oxygens (including phenoxy) is 2. The number of methoxy groups -OCH3 is 1. The number of imidazole rings is 1. The summed E-state index contributed by atoms with van der Waals surface area (Å²) < 4.78 is 14.3. The van der Waals surface area contributed by atoms with Crippen LogP contribution in [0.15, 0.2) is 23.0 Å². The molecule has 1 saturated heterocycles. The Balaban J connectivity index is 1.37. The van der Waals surface area contributed by atoms with E-state index in [4.69, 9.17) is 9.47 Å². The van der Waals surface area contributed by atoms with E-state index in [-0.39, 0.29) is 23.4 Å². The number of fused-ring (bicyclic) bond motifs is 1. The van der Waals surface area contributed by atoms with E-state index < -0.39 is 0 Å². The van der Waals surface area contributed by atoms with E-state index in [0.717, 1.165) is 42.5 Å². The molecule has 9 heteroatoms. The number of carbonyl (C=O) groups excluding carboxylic acids is 2. The predicted octanol–water partition coefficient (Wildman–Crippen LogP) is 1.86. The molecule has 2 fully saturated rings. The molecule has 0 N–H and O–H groups in total. The Bertz CT molecular complexity index is 1070. The highest BCUT2D eigenvalue weighted by Gasteiger charge is 2.32. The number of aryl methyl sites for hydroxylation is 1. The minimum atomic E-state index is -0.0226. The summed E-state index contributed by atoms with van der Waals surface area (Å²) in [6.45, 7) is 5.69. The molecule has 1 saturated carbocycles. The third-order valence-corrected chi connectivity index (χ3v) is 7.35. The van der Waals surface area contributed by atoms with Crippen LogP contribution >= 0.6 is 0 Å². The quantitative estimate of drug-likeness (QED) is 0.575. The van der Waals surface area contributed by atoms with Crippen LogP contribution in [0.3, 0.4) is 0 Å². The van der Waals surface area contributed by atoms with Crippen molar-refractivity contribution in [3.8, 4) is 5.75 Å². The second-order valence-corrected chi connectivity index (χ2v) is 9.49. The molecule has 1 aromatic heterocycles. The minimum Gasteiger partial charge on any atom is -0.491 e. The van der Waals surface area contributed by atoms with Crippen LogP contribution in [-0.2, 0) is 27.9 Å². The normalized spacial score (nSPS) is 21.1. The topological polar surface area (TPSA) is 86.0 Å². The average Bonchev–Trinajstić information content (AvgIpc) is 3.08. The first-order chi connectivity index (χ1) is 16.4. The van der Waals surface area contributed by atoms with Crippen molar-refractivity contribution >= 4 is 22.8 Å². The summed E-state index contributed by atoms with van der Waals surface area (Å²) in [4.78, 5) is 41.2. The molecule has 2 aliphatic rings. The van der Waals surface area contributed by atoms with E-state index in [1.54, 1.807) is 30.5 Å². The SMILES string of the molecule is COCCOc1ccc2c(c1)n(CC1CCC(C(=O)N3CCN(C(C)=O)CC3)CC1)c(=O)n2C. The second kappa shape index (κ2) is 10.6. The van der Waals surface area contributed by atoms with Crippen molar-refractivity contribution in [2.75, 3.05) is 46.5 Å². The molecule has 0 spiro atoms. The van der Waals surface area contributed by atoms with Gasteiger partial charge >= 0.3 is 5.69 Å². The van der Waals surface area contributed by atoms with Crippen LogP contribution in [0.4, 0.5) is 0 Å². The number of hydrogen-bond donors (Lipinski definition) is 0. The molecule has 0 radical (unpaired) electrons. The van der Waals surface area contributed by atoms with E-state index in [2.05, 4.69) is 0 Å². The molecule has 2 heterocycles. The van der Waals surface area contributed by atoms with E-state index in [9.17, 15) is 14.4 Å². The van der Waals surface area contributed by atoms with Crippen LogP contribution in [0.1, 0.15) is 32.6 Å². The van der Waals surface area contributed by atoms with Crippen molar-refractivity contribution in [2.24, 2.45) is 18.9 Å². The lowest BCUT2D eigenvalue weighted by molar-refractivity contribution is -0.142. The Kier molecular flexibility index (Phi) is 7.60. The zero-order valence-corrected chi connectivity index (χ0v) is 20.5. The summed E-state index contributed by atoms with van der Waals surface area (Å²) in [6, 6.07) is 5.74. The number of benzene rings is 1. The number of piperazine rings is 1. The Hall–Kier alpha value is -2.81. The van der Waals surface area contributed by atoms with Gasteiger partial charge in [0.05, 0.1) is 17.6 Å². The van der Waals surface area contributed by atoms with Gasteiger partial charge in [0, 0.05) is 65.8 Å². The first-order valence-electron chi connectivity index (χ1n) is 12.2. The Morgan fingerprint density at radius 1 is 0.971 bits per heavy atom. The summed E-state index contributed by atoms with van der Waals surface area (Å²) in [7, 11) is 3.44. The molecule has 9 nitrogen and oxygen atoms in total. The highest BCUT2D eigenvalue weighted by molar-refractivity contribution is 5.80. The van der Waals surface area contributed by atoms with Gasteiger partial charge in [-0.25, -0.2) is 4.79 Å². The highest BCUT2D eigenvalue weighted by Crippen LogP contribution is 2.32. The summed E-state index contributed by atoms with van der Waals surface area (Å²) in [5, 5.41) is 0. The lowest BCUT2D eigenvalue weighted by Crippen LogP contribution is -2.51. The first kappa shape index (κ1) is 24.3.